The van der Waals surface area contributed by atoms with Crippen molar-refractivity contribution in [3.05, 3.63) is 0 Å². The first-order valence-corrected chi connectivity index (χ1v) is 5.87. The van der Waals surface area contributed by atoms with Crippen molar-refractivity contribution >= 4 is 17.8 Å². The van der Waals surface area contributed by atoms with Gasteiger partial charge in [-0.2, -0.15) is 0 Å². The molecule has 1 rings (SSSR count). The van der Waals surface area contributed by atoms with Crippen molar-refractivity contribution in [2.24, 2.45) is 0 Å². The van der Waals surface area contributed by atoms with E-state index in [4.69, 9.17) is 5.11 Å². The van der Waals surface area contributed by atoms with Crippen LogP contribution in [0.1, 0.15) is 39.0 Å². The second kappa shape index (κ2) is 6.22. The van der Waals surface area contributed by atoms with Gasteiger partial charge in [-0.3, -0.25) is 9.59 Å². The van der Waals surface area contributed by atoms with E-state index in [1.807, 2.05) is 6.92 Å². The normalized spacial score (nSPS) is 20.8. The number of rotatable bonds is 6. The fraction of sp³-hybridized carbons (Fsp3) is 0.727. The highest BCUT2D eigenvalue weighted by Gasteiger charge is 2.29. The molecule has 1 saturated heterocycles. The lowest BCUT2D eigenvalue weighted by atomic mass is 10.1. The lowest BCUT2D eigenvalue weighted by molar-refractivity contribution is -0.142. The first-order chi connectivity index (χ1) is 8.04. The minimum atomic E-state index is -1.03. The minimum Gasteiger partial charge on any atom is -0.480 e. The van der Waals surface area contributed by atoms with Gasteiger partial charge in [-0.1, -0.05) is 19.8 Å². The number of amides is 2. The molecule has 96 valence electrons. The van der Waals surface area contributed by atoms with Gasteiger partial charge in [0.15, 0.2) is 0 Å². The van der Waals surface area contributed by atoms with E-state index in [2.05, 4.69) is 10.6 Å². The Morgan fingerprint density at radius 1 is 1.59 bits per heavy atom. The van der Waals surface area contributed by atoms with Gasteiger partial charge in [0, 0.05) is 6.42 Å². The molecule has 1 fully saturated rings. The monoisotopic (exact) mass is 242 g/mol. The Morgan fingerprint density at radius 3 is 2.76 bits per heavy atom. The molecule has 1 aliphatic rings. The van der Waals surface area contributed by atoms with Crippen LogP contribution in [0.4, 0.5) is 0 Å². The maximum absolute atomic E-state index is 11.7. The average molecular weight is 242 g/mol. The first-order valence-electron chi connectivity index (χ1n) is 5.87. The fourth-order valence-electron chi connectivity index (χ4n) is 1.75. The summed E-state index contributed by atoms with van der Waals surface area (Å²) < 4.78 is 0. The van der Waals surface area contributed by atoms with Gasteiger partial charge in [0.25, 0.3) is 0 Å². The lowest BCUT2D eigenvalue weighted by Crippen LogP contribution is -2.48. The second-order valence-corrected chi connectivity index (χ2v) is 4.20. The van der Waals surface area contributed by atoms with Crippen molar-refractivity contribution in [1.82, 2.24) is 10.6 Å². The summed E-state index contributed by atoms with van der Waals surface area (Å²) in [4.78, 5) is 33.5. The third-order valence-corrected chi connectivity index (χ3v) is 2.77. The molecule has 0 unspecified atom stereocenters. The van der Waals surface area contributed by atoms with Crippen LogP contribution in [-0.4, -0.2) is 35.0 Å². The van der Waals surface area contributed by atoms with E-state index in [1.54, 1.807) is 0 Å². The van der Waals surface area contributed by atoms with Crippen LogP contribution in [0.5, 0.6) is 0 Å². The van der Waals surface area contributed by atoms with Crippen molar-refractivity contribution in [2.75, 3.05) is 0 Å². The SMILES string of the molecule is CCCC[C@H](NC(=O)[C@H]1CCC(=O)N1)C(=O)O. The molecule has 0 saturated carbocycles. The third kappa shape index (κ3) is 4.05. The number of carbonyl (C=O) groups is 3. The zero-order chi connectivity index (χ0) is 12.8. The minimum absolute atomic E-state index is 0.161. The van der Waals surface area contributed by atoms with Crippen LogP contribution in [0.25, 0.3) is 0 Å². The molecule has 2 amide bonds. The summed E-state index contributed by atoms with van der Waals surface area (Å²) in [5.74, 6) is -1.60. The van der Waals surface area contributed by atoms with Crippen LogP contribution in [0.3, 0.4) is 0 Å². The number of aliphatic carboxylic acids is 1. The molecule has 0 radical (unpaired) electrons. The van der Waals surface area contributed by atoms with E-state index in [0.29, 0.717) is 19.3 Å². The molecule has 0 aromatic heterocycles. The number of carbonyl (C=O) groups excluding carboxylic acids is 2. The number of carboxylic acid groups (broad SMARTS) is 1. The van der Waals surface area contributed by atoms with Gasteiger partial charge in [0.05, 0.1) is 0 Å². The third-order valence-electron chi connectivity index (χ3n) is 2.77. The van der Waals surface area contributed by atoms with Gasteiger partial charge in [-0.15, -0.1) is 0 Å². The van der Waals surface area contributed by atoms with Gasteiger partial charge < -0.3 is 15.7 Å². The smallest absolute Gasteiger partial charge is 0.326 e. The molecule has 6 nitrogen and oxygen atoms in total. The fourth-order valence-corrected chi connectivity index (χ4v) is 1.75. The summed E-state index contributed by atoms with van der Waals surface area (Å²) >= 11 is 0. The summed E-state index contributed by atoms with van der Waals surface area (Å²) in [6.45, 7) is 1.96. The second-order valence-electron chi connectivity index (χ2n) is 4.20. The zero-order valence-electron chi connectivity index (χ0n) is 9.86. The zero-order valence-corrected chi connectivity index (χ0v) is 9.86. The molecular weight excluding hydrogens is 224 g/mol. The first kappa shape index (κ1) is 13.5. The van der Waals surface area contributed by atoms with Crippen LogP contribution in [0, 0.1) is 0 Å². The Bertz CT molecular complexity index is 317. The topological polar surface area (TPSA) is 95.5 Å². The molecule has 0 aliphatic carbocycles. The molecule has 0 spiro atoms. The number of nitrogens with one attached hydrogen (secondary N) is 2. The molecule has 3 N–H and O–H groups in total. The van der Waals surface area contributed by atoms with Gasteiger partial charge in [0.1, 0.15) is 12.1 Å². The Balaban J connectivity index is 2.46. The van der Waals surface area contributed by atoms with Crippen molar-refractivity contribution in [1.29, 1.82) is 0 Å². The van der Waals surface area contributed by atoms with E-state index in [1.165, 1.54) is 0 Å². The van der Waals surface area contributed by atoms with Crippen LogP contribution >= 0.6 is 0 Å². The largest absolute Gasteiger partial charge is 0.480 e. The highest BCUT2D eigenvalue weighted by Crippen LogP contribution is 2.08. The van der Waals surface area contributed by atoms with Crippen LogP contribution in [0.2, 0.25) is 0 Å². The summed E-state index contributed by atoms with van der Waals surface area (Å²) in [5.41, 5.74) is 0. The Morgan fingerprint density at radius 2 is 2.29 bits per heavy atom. The number of unbranched alkanes of at least 4 members (excludes halogenated alkanes) is 1. The van der Waals surface area contributed by atoms with E-state index < -0.39 is 24.0 Å². The number of carboxylic acids is 1. The van der Waals surface area contributed by atoms with Crippen molar-refractivity contribution in [3.63, 3.8) is 0 Å². The van der Waals surface area contributed by atoms with E-state index in [9.17, 15) is 14.4 Å². The van der Waals surface area contributed by atoms with Crippen molar-refractivity contribution in [3.8, 4) is 0 Å². The van der Waals surface area contributed by atoms with Gasteiger partial charge in [0.2, 0.25) is 11.8 Å². The molecule has 0 aromatic carbocycles. The summed E-state index contributed by atoms with van der Waals surface area (Å²) in [6, 6.07) is -1.44. The van der Waals surface area contributed by atoms with Crippen LogP contribution in [-0.2, 0) is 14.4 Å². The van der Waals surface area contributed by atoms with Gasteiger partial charge >= 0.3 is 5.97 Å². The molecule has 17 heavy (non-hydrogen) atoms. The molecule has 0 aromatic rings. The summed E-state index contributed by atoms with van der Waals surface area (Å²) in [5, 5.41) is 13.9. The average Bonchev–Trinajstić information content (AvgIpc) is 2.70. The molecule has 1 aliphatic heterocycles. The predicted octanol–water partition coefficient (Wildman–Crippen LogP) is 0.0246. The van der Waals surface area contributed by atoms with Gasteiger partial charge in [-0.05, 0) is 12.8 Å². The maximum atomic E-state index is 11.7. The lowest BCUT2D eigenvalue weighted by Gasteiger charge is -2.17. The Kier molecular flexibility index (Phi) is 4.93. The van der Waals surface area contributed by atoms with Crippen molar-refractivity contribution in [2.45, 2.75) is 51.1 Å². The van der Waals surface area contributed by atoms with Gasteiger partial charge in [-0.25, -0.2) is 4.79 Å². The van der Waals surface area contributed by atoms with E-state index in [-0.39, 0.29) is 5.91 Å². The number of hydrogen-bond donors (Lipinski definition) is 3. The predicted molar refractivity (Wildman–Crippen MR) is 60.3 cm³/mol. The maximum Gasteiger partial charge on any atom is 0.326 e. The van der Waals surface area contributed by atoms with Crippen LogP contribution < -0.4 is 10.6 Å². The Labute approximate surface area is 99.8 Å². The summed E-state index contributed by atoms with van der Waals surface area (Å²) in [7, 11) is 0. The van der Waals surface area contributed by atoms with Crippen LogP contribution in [0.15, 0.2) is 0 Å². The Hall–Kier alpha value is -1.59. The highest BCUT2D eigenvalue weighted by atomic mass is 16.4. The van der Waals surface area contributed by atoms with E-state index >= 15 is 0 Å². The molecular formula is C11H18N2O4. The van der Waals surface area contributed by atoms with E-state index in [0.717, 1.165) is 12.8 Å². The molecule has 6 heteroatoms. The molecule has 1 heterocycles. The quantitative estimate of drug-likeness (QED) is 0.612. The molecule has 2 atom stereocenters. The highest BCUT2D eigenvalue weighted by molar-refractivity contribution is 5.92. The van der Waals surface area contributed by atoms with Crippen molar-refractivity contribution < 1.29 is 19.5 Å². The number of hydrogen-bond acceptors (Lipinski definition) is 3. The standard InChI is InChI=1S/C11H18N2O4/c1-2-3-4-8(11(16)17)13-10(15)7-5-6-9(14)12-7/h7-8H,2-6H2,1H3,(H,12,14)(H,13,15)(H,16,17)/t7-,8+/m1/s1. The summed E-state index contributed by atoms with van der Waals surface area (Å²) in [6.07, 6.45) is 2.79. The molecule has 0 bridgehead atoms.